The summed E-state index contributed by atoms with van der Waals surface area (Å²) < 4.78 is 0. The van der Waals surface area contributed by atoms with Crippen LogP contribution >= 0.6 is 48.9 Å². The Morgan fingerprint density at radius 3 is 0.571 bits per heavy atom. The zero-order chi connectivity index (χ0) is 10.8. The van der Waals surface area contributed by atoms with Crippen LogP contribution < -0.4 is 0 Å². The largest absolute Gasteiger partial charge is 2.00 e. The van der Waals surface area contributed by atoms with Crippen LogP contribution in [0.3, 0.4) is 0 Å². The predicted octanol–water partition coefficient (Wildman–Crippen LogP) is 2.63. The molecule has 0 aliphatic carbocycles. The Morgan fingerprint density at radius 2 is 0.571 bits per heavy atom. The number of rotatable bonds is 0. The quantitative estimate of drug-likeness (QED) is 0.296. The van der Waals surface area contributed by atoms with Gasteiger partial charge in [0.1, 0.15) is 0 Å². The van der Waals surface area contributed by atoms with Crippen LogP contribution in [0.1, 0.15) is 0 Å². The van der Waals surface area contributed by atoms with Crippen molar-refractivity contribution in [2.75, 3.05) is 0 Å². The Morgan fingerprint density at radius 1 is 0.571 bits per heavy atom. The summed E-state index contributed by atoms with van der Waals surface area (Å²) in [5.41, 5.74) is 0. The molecule has 0 saturated heterocycles. The smallest absolute Gasteiger partial charge is 0.753 e. The first-order chi connectivity index (χ1) is 5.66. The SMILES string of the molecule is [Co+2].[Hg+2].[N-]=C=S.[N-]=C=S.[N-]=C=S.[N-]=C=S. The van der Waals surface area contributed by atoms with Gasteiger partial charge in [-0.05, 0) is 0 Å². The van der Waals surface area contributed by atoms with Gasteiger partial charge in [0.25, 0.3) is 0 Å². The van der Waals surface area contributed by atoms with Crippen molar-refractivity contribution in [3.05, 3.63) is 21.6 Å². The Kier molecular flexibility index (Phi) is 264. The first kappa shape index (κ1) is 36.5. The fourth-order valence-electron chi connectivity index (χ4n) is 0. The molecule has 0 spiro atoms. The summed E-state index contributed by atoms with van der Waals surface area (Å²) in [6.45, 7) is 0. The van der Waals surface area contributed by atoms with Gasteiger partial charge in [-0.25, -0.2) is 0 Å². The fourth-order valence-corrected chi connectivity index (χ4v) is 0. The van der Waals surface area contributed by atoms with Crippen molar-refractivity contribution in [1.82, 2.24) is 0 Å². The van der Waals surface area contributed by atoms with Gasteiger partial charge in [0.2, 0.25) is 0 Å². The van der Waals surface area contributed by atoms with E-state index >= 15 is 0 Å². The predicted molar refractivity (Wildman–Crippen MR) is 63.8 cm³/mol. The molecule has 0 saturated carbocycles. The Labute approximate surface area is 134 Å². The van der Waals surface area contributed by atoms with E-state index in [0.717, 1.165) is 0 Å². The molecule has 10 heteroatoms. The van der Waals surface area contributed by atoms with Crippen molar-refractivity contribution >= 4 is 69.5 Å². The number of thiocarbonyl (C=S) groups is 4. The summed E-state index contributed by atoms with van der Waals surface area (Å²) in [7, 11) is 0. The Balaban J connectivity index is -0.0000000145. The van der Waals surface area contributed by atoms with Gasteiger partial charge in [0, 0.05) is 0 Å². The maximum absolute atomic E-state index is 7.13. The third-order valence-corrected chi connectivity index (χ3v) is 0. The van der Waals surface area contributed by atoms with Gasteiger partial charge < -0.3 is 21.6 Å². The molecule has 0 bridgehead atoms. The Bertz CT molecular complexity index is 161. The molecule has 0 atom stereocenters. The van der Waals surface area contributed by atoms with Gasteiger partial charge in [0.15, 0.2) is 0 Å². The molecule has 0 unspecified atom stereocenters. The minimum Gasteiger partial charge on any atom is -0.753 e. The van der Waals surface area contributed by atoms with Gasteiger partial charge >= 0.3 is 44.4 Å². The van der Waals surface area contributed by atoms with E-state index in [-0.39, 0.29) is 44.4 Å². The number of isothiocyanates is 4. The molecule has 71 valence electrons. The van der Waals surface area contributed by atoms with Gasteiger partial charge in [-0.15, -0.1) is 0 Å². The maximum atomic E-state index is 7.13. The first-order valence-corrected chi connectivity index (χ1v) is 3.34. The van der Waals surface area contributed by atoms with Crippen molar-refractivity contribution in [1.29, 1.82) is 0 Å². The molecule has 14 heavy (non-hydrogen) atoms. The molecular formula is C4CoHgN4S4. The average Bonchev–Trinajstić information content (AvgIpc) is 1.92. The molecule has 0 fully saturated rings. The summed E-state index contributed by atoms with van der Waals surface area (Å²) in [6, 6.07) is 0. The summed E-state index contributed by atoms with van der Waals surface area (Å²) in [6.07, 6.45) is 0. The van der Waals surface area contributed by atoms with E-state index in [1.54, 1.807) is 0 Å². The fraction of sp³-hybridized carbons (Fsp3) is 0. The van der Waals surface area contributed by atoms with Crippen LogP contribution in [-0.2, 0) is 44.4 Å². The van der Waals surface area contributed by atoms with Crippen LogP contribution in [0.2, 0.25) is 0 Å². The minimum atomic E-state index is 0. The third kappa shape index (κ3) is 4160. The van der Waals surface area contributed by atoms with Crippen molar-refractivity contribution in [2.24, 2.45) is 0 Å². The van der Waals surface area contributed by atoms with Gasteiger partial charge in [-0.1, -0.05) is 48.9 Å². The van der Waals surface area contributed by atoms with E-state index in [0.29, 0.717) is 0 Å². The molecule has 0 rings (SSSR count). The van der Waals surface area contributed by atoms with Crippen LogP contribution in [-0.4, -0.2) is 20.6 Å². The molecule has 0 aromatic carbocycles. The maximum Gasteiger partial charge on any atom is 2.00 e. The normalized spacial score (nSPS) is 2.29. The molecule has 0 heterocycles. The second-order valence-corrected chi connectivity index (χ2v) is 1.10. The van der Waals surface area contributed by atoms with Crippen molar-refractivity contribution in [3.8, 4) is 0 Å². The van der Waals surface area contributed by atoms with E-state index < -0.39 is 0 Å². The van der Waals surface area contributed by atoms with Gasteiger partial charge in [0.05, 0.1) is 0 Å². The van der Waals surface area contributed by atoms with E-state index in [9.17, 15) is 0 Å². The van der Waals surface area contributed by atoms with Crippen LogP contribution in [0.5, 0.6) is 0 Å². The second kappa shape index (κ2) is 101. The molecule has 0 aliphatic heterocycles. The number of hydrogen-bond donors (Lipinski definition) is 0. The minimum absolute atomic E-state index is 0. The topological polar surface area (TPSA) is 89.2 Å². The number of nitrogens with zero attached hydrogens (tertiary/aromatic N) is 4. The molecule has 0 aromatic rings. The monoisotopic (exact) mass is 493 g/mol. The molecule has 0 aromatic heterocycles. The van der Waals surface area contributed by atoms with Crippen molar-refractivity contribution in [3.63, 3.8) is 0 Å². The second-order valence-electron chi connectivity index (χ2n) is 0.365. The summed E-state index contributed by atoms with van der Waals surface area (Å²) >= 11 is 14.8. The van der Waals surface area contributed by atoms with E-state index in [4.69, 9.17) is 21.6 Å². The zero-order valence-electron chi connectivity index (χ0n) is 6.46. The van der Waals surface area contributed by atoms with Gasteiger partial charge in [-0.3, -0.25) is 0 Å². The Hall–Kier alpha value is 0.642. The standard InChI is InChI=1S/4CNS.Co.Hg/c4*2-1-3;;/q4*-1;2*+2. The van der Waals surface area contributed by atoms with Crippen LogP contribution in [0.15, 0.2) is 0 Å². The average molecular weight is 492 g/mol. The molecular weight excluding hydrogens is 492 g/mol. The van der Waals surface area contributed by atoms with Gasteiger partial charge in [-0.2, -0.15) is 20.6 Å². The van der Waals surface area contributed by atoms with Crippen LogP contribution in [0, 0.1) is 0 Å². The van der Waals surface area contributed by atoms with Crippen molar-refractivity contribution in [2.45, 2.75) is 0 Å². The molecule has 4 nitrogen and oxygen atoms in total. The summed E-state index contributed by atoms with van der Waals surface area (Å²) in [5, 5.41) is 33.9. The third-order valence-electron chi connectivity index (χ3n) is 0. The summed E-state index contributed by atoms with van der Waals surface area (Å²) in [5.74, 6) is 0. The van der Waals surface area contributed by atoms with E-state index in [1.165, 1.54) is 20.6 Å². The van der Waals surface area contributed by atoms with E-state index in [2.05, 4.69) is 48.9 Å². The van der Waals surface area contributed by atoms with Crippen LogP contribution in [0.4, 0.5) is 0 Å². The van der Waals surface area contributed by atoms with Crippen molar-refractivity contribution < 1.29 is 44.4 Å². The molecule has 0 aliphatic rings. The number of hydrogen-bond acceptors (Lipinski definition) is 4. The van der Waals surface area contributed by atoms with Crippen LogP contribution in [0.25, 0.3) is 21.6 Å². The van der Waals surface area contributed by atoms with E-state index in [1.807, 2.05) is 0 Å². The first-order valence-electron chi connectivity index (χ1n) is 1.71. The summed E-state index contributed by atoms with van der Waals surface area (Å²) in [4.78, 5) is 0. The molecule has 1 radical (unpaired) electrons. The molecule has 0 amide bonds. The zero-order valence-corrected chi connectivity index (χ0v) is 16.3. The molecule has 0 N–H and O–H groups in total.